The number of rotatable bonds is 5. The molecule has 1 amide bonds. The van der Waals surface area contributed by atoms with Crippen LogP contribution in [0.25, 0.3) is 0 Å². The van der Waals surface area contributed by atoms with E-state index in [0.717, 1.165) is 17.0 Å². The van der Waals surface area contributed by atoms with Crippen LogP contribution in [0.15, 0.2) is 40.3 Å². The lowest BCUT2D eigenvalue weighted by Gasteiger charge is -2.26. The zero-order valence-electron chi connectivity index (χ0n) is 16.8. The van der Waals surface area contributed by atoms with Crippen LogP contribution >= 0.6 is 11.8 Å². The van der Waals surface area contributed by atoms with Gasteiger partial charge in [0.1, 0.15) is 5.75 Å². The standard InChI is InChI=1S/C21H27N3O3S/c1-21(2,3)17-11-18(25)24-12-15(13-28-20(24)23-17)19(26)22-10-9-14-7-5-6-8-16(14)27-4/h5-8,11,15H,9-10,12-13H2,1-4H3,(H,22,26). The van der Waals surface area contributed by atoms with Gasteiger partial charge in [0, 0.05) is 30.3 Å². The number of para-hydroxylation sites is 1. The molecule has 1 aliphatic rings. The zero-order chi connectivity index (χ0) is 20.3. The number of ether oxygens (including phenoxy) is 1. The molecule has 6 nitrogen and oxygen atoms in total. The van der Waals surface area contributed by atoms with Crippen LogP contribution in [0.4, 0.5) is 0 Å². The summed E-state index contributed by atoms with van der Waals surface area (Å²) in [5, 5.41) is 3.70. The molecule has 0 radical (unpaired) electrons. The molecule has 0 bridgehead atoms. The molecular weight excluding hydrogens is 374 g/mol. The van der Waals surface area contributed by atoms with Gasteiger partial charge in [0.15, 0.2) is 5.16 Å². The molecule has 1 unspecified atom stereocenters. The van der Waals surface area contributed by atoms with E-state index in [4.69, 9.17) is 4.74 Å². The highest BCUT2D eigenvalue weighted by atomic mass is 32.2. The third-order valence-corrected chi connectivity index (χ3v) is 5.95. The van der Waals surface area contributed by atoms with E-state index in [2.05, 4.69) is 10.3 Å². The zero-order valence-corrected chi connectivity index (χ0v) is 17.6. The van der Waals surface area contributed by atoms with Gasteiger partial charge in [-0.25, -0.2) is 4.98 Å². The second kappa shape index (κ2) is 8.39. The van der Waals surface area contributed by atoms with Crippen molar-refractivity contribution >= 4 is 17.7 Å². The largest absolute Gasteiger partial charge is 0.496 e. The van der Waals surface area contributed by atoms with Crippen molar-refractivity contribution in [1.82, 2.24) is 14.9 Å². The molecular formula is C21H27N3O3S. The second-order valence-electron chi connectivity index (χ2n) is 7.98. The van der Waals surface area contributed by atoms with Crippen molar-refractivity contribution in [1.29, 1.82) is 0 Å². The van der Waals surface area contributed by atoms with Gasteiger partial charge in [-0.15, -0.1) is 0 Å². The molecule has 0 saturated heterocycles. The van der Waals surface area contributed by atoms with E-state index >= 15 is 0 Å². The average Bonchev–Trinajstić information content (AvgIpc) is 2.67. The first kappa shape index (κ1) is 20.5. The Hall–Kier alpha value is -2.28. The number of fused-ring (bicyclic) bond motifs is 1. The Morgan fingerprint density at radius 3 is 2.82 bits per heavy atom. The molecule has 0 spiro atoms. The summed E-state index contributed by atoms with van der Waals surface area (Å²) in [7, 11) is 1.64. The second-order valence-corrected chi connectivity index (χ2v) is 8.97. The topological polar surface area (TPSA) is 73.2 Å². The molecule has 3 rings (SSSR count). The van der Waals surface area contributed by atoms with Crippen LogP contribution in [0, 0.1) is 5.92 Å². The third-order valence-electron chi connectivity index (χ3n) is 4.82. The Balaban J connectivity index is 1.62. The fourth-order valence-corrected chi connectivity index (χ4v) is 4.22. The SMILES string of the molecule is COc1ccccc1CCNC(=O)C1CSc2nc(C(C)(C)C)cc(=O)n2C1. The molecule has 0 fully saturated rings. The number of carbonyl (C=O) groups excluding carboxylic acids is 1. The van der Waals surface area contributed by atoms with Gasteiger partial charge in [0.2, 0.25) is 5.91 Å². The summed E-state index contributed by atoms with van der Waals surface area (Å²) < 4.78 is 6.96. The Morgan fingerprint density at radius 2 is 2.11 bits per heavy atom. The van der Waals surface area contributed by atoms with Gasteiger partial charge in [-0.1, -0.05) is 50.7 Å². The van der Waals surface area contributed by atoms with Crippen molar-refractivity contribution in [3.63, 3.8) is 0 Å². The number of benzene rings is 1. The summed E-state index contributed by atoms with van der Waals surface area (Å²) in [6, 6.07) is 9.38. The first-order valence-electron chi connectivity index (χ1n) is 9.44. The first-order chi connectivity index (χ1) is 13.3. The molecule has 0 saturated carbocycles. The third kappa shape index (κ3) is 4.58. The normalized spacial score (nSPS) is 16.4. The Bertz CT molecular complexity index is 918. The summed E-state index contributed by atoms with van der Waals surface area (Å²) in [5.74, 6) is 1.18. The van der Waals surface area contributed by atoms with Gasteiger partial charge in [-0.3, -0.25) is 14.2 Å². The highest BCUT2D eigenvalue weighted by molar-refractivity contribution is 7.99. The van der Waals surface area contributed by atoms with Crippen LogP contribution in [-0.2, 0) is 23.2 Å². The minimum absolute atomic E-state index is 0.0279. The summed E-state index contributed by atoms with van der Waals surface area (Å²) >= 11 is 1.48. The molecule has 0 aliphatic carbocycles. The summed E-state index contributed by atoms with van der Waals surface area (Å²) in [6.45, 7) is 7.02. The summed E-state index contributed by atoms with van der Waals surface area (Å²) in [5.41, 5.74) is 1.58. The van der Waals surface area contributed by atoms with Crippen LogP contribution in [-0.4, -0.2) is 34.9 Å². The lowest BCUT2D eigenvalue weighted by Crippen LogP contribution is -2.41. The molecule has 28 heavy (non-hydrogen) atoms. The van der Waals surface area contributed by atoms with Crippen LogP contribution in [0.3, 0.4) is 0 Å². The van der Waals surface area contributed by atoms with Crippen LogP contribution < -0.4 is 15.6 Å². The minimum atomic E-state index is -0.241. The number of amides is 1. The predicted molar refractivity (Wildman–Crippen MR) is 111 cm³/mol. The van der Waals surface area contributed by atoms with Crippen LogP contribution in [0.1, 0.15) is 32.0 Å². The molecule has 2 aromatic rings. The molecule has 150 valence electrons. The number of hydrogen-bond acceptors (Lipinski definition) is 5. The molecule has 1 aromatic carbocycles. The van der Waals surface area contributed by atoms with E-state index in [1.807, 2.05) is 45.0 Å². The van der Waals surface area contributed by atoms with Crippen molar-refractivity contribution in [3.05, 3.63) is 51.9 Å². The summed E-state index contributed by atoms with van der Waals surface area (Å²) in [4.78, 5) is 29.8. The maximum atomic E-state index is 12.6. The van der Waals surface area contributed by atoms with Gasteiger partial charge in [0.25, 0.3) is 5.56 Å². The maximum Gasteiger partial charge on any atom is 0.254 e. The first-order valence-corrected chi connectivity index (χ1v) is 10.4. The number of nitrogens with zero attached hydrogens (tertiary/aromatic N) is 2. The van der Waals surface area contributed by atoms with Crippen molar-refractivity contribution < 1.29 is 9.53 Å². The number of nitrogens with one attached hydrogen (secondary N) is 1. The van der Waals surface area contributed by atoms with Crippen molar-refractivity contribution in [2.24, 2.45) is 5.92 Å². The number of thioether (sulfide) groups is 1. The minimum Gasteiger partial charge on any atom is -0.496 e. The highest BCUT2D eigenvalue weighted by Crippen LogP contribution is 2.28. The van der Waals surface area contributed by atoms with E-state index in [1.54, 1.807) is 17.7 Å². The maximum absolute atomic E-state index is 12.6. The average molecular weight is 402 g/mol. The number of methoxy groups -OCH3 is 1. The fraction of sp³-hybridized carbons (Fsp3) is 0.476. The van der Waals surface area contributed by atoms with Gasteiger partial charge < -0.3 is 10.1 Å². The monoisotopic (exact) mass is 401 g/mol. The van der Waals surface area contributed by atoms with Crippen molar-refractivity contribution in [3.8, 4) is 5.75 Å². The predicted octanol–water partition coefficient (Wildman–Crippen LogP) is 2.63. The van der Waals surface area contributed by atoms with Gasteiger partial charge in [-0.2, -0.15) is 0 Å². The van der Waals surface area contributed by atoms with E-state index < -0.39 is 0 Å². The van der Waals surface area contributed by atoms with E-state index in [-0.39, 0.29) is 22.8 Å². The Kier molecular flexibility index (Phi) is 6.13. The number of aromatic nitrogens is 2. The van der Waals surface area contributed by atoms with Gasteiger partial charge in [-0.05, 0) is 18.1 Å². The smallest absolute Gasteiger partial charge is 0.254 e. The van der Waals surface area contributed by atoms with E-state index in [1.165, 1.54) is 11.8 Å². The lowest BCUT2D eigenvalue weighted by molar-refractivity contribution is -0.124. The number of hydrogen-bond donors (Lipinski definition) is 1. The van der Waals surface area contributed by atoms with Crippen LogP contribution in [0.5, 0.6) is 5.75 Å². The van der Waals surface area contributed by atoms with E-state index in [0.29, 0.717) is 30.4 Å². The summed E-state index contributed by atoms with van der Waals surface area (Å²) in [6.07, 6.45) is 0.697. The fourth-order valence-electron chi connectivity index (χ4n) is 3.13. The molecule has 2 heterocycles. The Morgan fingerprint density at radius 1 is 1.36 bits per heavy atom. The quantitative estimate of drug-likeness (QED) is 0.780. The molecule has 1 aromatic heterocycles. The molecule has 1 atom stereocenters. The molecule has 1 aliphatic heterocycles. The van der Waals surface area contributed by atoms with Crippen molar-refractivity contribution in [2.75, 3.05) is 19.4 Å². The van der Waals surface area contributed by atoms with Gasteiger partial charge >= 0.3 is 0 Å². The number of carbonyl (C=O) groups is 1. The van der Waals surface area contributed by atoms with Crippen molar-refractivity contribution in [2.45, 2.75) is 44.3 Å². The molecule has 7 heteroatoms. The van der Waals surface area contributed by atoms with Gasteiger partial charge in [0.05, 0.1) is 18.7 Å². The molecule has 1 N–H and O–H groups in total. The lowest BCUT2D eigenvalue weighted by atomic mass is 9.92. The highest BCUT2D eigenvalue weighted by Gasteiger charge is 2.28. The van der Waals surface area contributed by atoms with Crippen LogP contribution in [0.2, 0.25) is 0 Å². The Labute approximate surface area is 169 Å². The van der Waals surface area contributed by atoms with E-state index in [9.17, 15) is 9.59 Å².